The number of nitrogens with zero attached hydrogens (tertiary/aromatic N) is 1. The Kier molecular flexibility index (Phi) is 5.56. The number of hydrogen-bond donors (Lipinski definition) is 2. The maximum absolute atomic E-state index is 12.4. The molecule has 2 N–H and O–H groups in total. The maximum atomic E-state index is 12.4. The number of rotatable bonds is 5. The predicted molar refractivity (Wildman–Crippen MR) is 105 cm³/mol. The van der Waals surface area contributed by atoms with Crippen molar-refractivity contribution < 1.29 is 9.59 Å². The highest BCUT2D eigenvalue weighted by Gasteiger charge is 2.13. The van der Waals surface area contributed by atoms with Crippen LogP contribution in [0.1, 0.15) is 47.4 Å². The molecule has 0 atom stereocenters. The third-order valence-corrected chi connectivity index (χ3v) is 4.43. The molecule has 0 bridgehead atoms. The quantitative estimate of drug-likeness (QED) is 0.864. The largest absolute Gasteiger partial charge is 0.372 e. The average molecular weight is 351 g/mol. The van der Waals surface area contributed by atoms with Crippen LogP contribution in [0.15, 0.2) is 48.5 Å². The van der Waals surface area contributed by atoms with Crippen molar-refractivity contribution >= 4 is 23.2 Å². The highest BCUT2D eigenvalue weighted by Crippen LogP contribution is 2.22. The van der Waals surface area contributed by atoms with Gasteiger partial charge in [-0.15, -0.1) is 0 Å². The molecule has 0 aliphatic carbocycles. The lowest BCUT2D eigenvalue weighted by atomic mass is 10.1. The Labute approximate surface area is 154 Å². The summed E-state index contributed by atoms with van der Waals surface area (Å²) in [5.41, 5.74) is 3.03. The van der Waals surface area contributed by atoms with Crippen molar-refractivity contribution in [2.24, 2.45) is 0 Å². The minimum absolute atomic E-state index is 0.0778. The van der Waals surface area contributed by atoms with Gasteiger partial charge < -0.3 is 15.5 Å². The van der Waals surface area contributed by atoms with E-state index < -0.39 is 0 Å². The smallest absolute Gasteiger partial charge is 0.255 e. The number of amides is 2. The summed E-state index contributed by atoms with van der Waals surface area (Å²) in [6.45, 7) is 6.02. The molecular weight excluding hydrogens is 326 g/mol. The molecule has 1 fully saturated rings. The van der Waals surface area contributed by atoms with Crippen LogP contribution in [0.3, 0.4) is 0 Å². The lowest BCUT2D eigenvalue weighted by Crippen LogP contribution is -2.30. The second-order valence-corrected chi connectivity index (χ2v) is 6.90. The van der Waals surface area contributed by atoms with Gasteiger partial charge in [0.25, 0.3) is 11.8 Å². The molecule has 2 aromatic rings. The first-order valence-corrected chi connectivity index (χ1v) is 9.10. The Bertz CT molecular complexity index is 761. The van der Waals surface area contributed by atoms with Crippen LogP contribution >= 0.6 is 0 Å². The molecule has 5 nitrogen and oxygen atoms in total. The molecule has 0 radical (unpaired) electrons. The summed E-state index contributed by atoms with van der Waals surface area (Å²) < 4.78 is 0. The van der Waals surface area contributed by atoms with Gasteiger partial charge in [-0.05, 0) is 75.2 Å². The second kappa shape index (κ2) is 8.04. The summed E-state index contributed by atoms with van der Waals surface area (Å²) >= 11 is 0. The Morgan fingerprint density at radius 2 is 1.38 bits per heavy atom. The van der Waals surface area contributed by atoms with E-state index in [-0.39, 0.29) is 17.9 Å². The van der Waals surface area contributed by atoms with Crippen molar-refractivity contribution in [3.63, 3.8) is 0 Å². The molecule has 0 spiro atoms. The van der Waals surface area contributed by atoms with Crippen molar-refractivity contribution in [3.05, 3.63) is 59.7 Å². The molecule has 2 aromatic carbocycles. The summed E-state index contributed by atoms with van der Waals surface area (Å²) in [5, 5.41) is 5.73. The van der Waals surface area contributed by atoms with Crippen LogP contribution < -0.4 is 15.5 Å². The lowest BCUT2D eigenvalue weighted by Gasteiger charge is -2.17. The van der Waals surface area contributed by atoms with Crippen LogP contribution in [0.2, 0.25) is 0 Å². The molecule has 0 unspecified atom stereocenters. The fourth-order valence-electron chi connectivity index (χ4n) is 3.05. The Balaban J connectivity index is 1.61. The van der Waals surface area contributed by atoms with Crippen LogP contribution in [-0.4, -0.2) is 30.9 Å². The molecule has 136 valence electrons. The number of carbonyl (C=O) groups excluding carboxylic acids is 2. The summed E-state index contributed by atoms with van der Waals surface area (Å²) in [7, 11) is 0. The van der Waals surface area contributed by atoms with Gasteiger partial charge in [0, 0.05) is 41.6 Å². The van der Waals surface area contributed by atoms with Crippen LogP contribution in [0.4, 0.5) is 11.4 Å². The second-order valence-electron chi connectivity index (χ2n) is 6.90. The Morgan fingerprint density at radius 1 is 0.846 bits per heavy atom. The van der Waals surface area contributed by atoms with E-state index in [1.54, 1.807) is 24.3 Å². The number of nitrogens with one attached hydrogen (secondary N) is 2. The van der Waals surface area contributed by atoms with Crippen LogP contribution in [0.5, 0.6) is 0 Å². The molecule has 5 heteroatoms. The van der Waals surface area contributed by atoms with E-state index in [1.807, 2.05) is 38.1 Å². The van der Waals surface area contributed by atoms with Gasteiger partial charge in [0.05, 0.1) is 0 Å². The topological polar surface area (TPSA) is 61.4 Å². The SMILES string of the molecule is CC(C)NC(=O)c1ccc(C(=O)Nc2ccc(N3CCCC3)cc2)cc1. The first kappa shape index (κ1) is 18.0. The van der Waals surface area contributed by atoms with Crippen LogP contribution in [0, 0.1) is 0 Å². The molecule has 1 aliphatic rings. The van der Waals surface area contributed by atoms with E-state index in [0.717, 1.165) is 18.8 Å². The molecular formula is C21H25N3O2. The fourth-order valence-corrected chi connectivity index (χ4v) is 3.05. The van der Waals surface area contributed by atoms with E-state index in [9.17, 15) is 9.59 Å². The normalized spacial score (nSPS) is 13.7. The van der Waals surface area contributed by atoms with Crippen molar-refractivity contribution in [2.75, 3.05) is 23.3 Å². The molecule has 1 heterocycles. The lowest BCUT2D eigenvalue weighted by molar-refractivity contribution is 0.0941. The summed E-state index contributed by atoms with van der Waals surface area (Å²) in [6.07, 6.45) is 2.48. The number of benzene rings is 2. The Morgan fingerprint density at radius 3 is 1.92 bits per heavy atom. The summed E-state index contributed by atoms with van der Waals surface area (Å²) in [5.74, 6) is -0.320. The number of hydrogen-bond acceptors (Lipinski definition) is 3. The number of anilines is 2. The van der Waals surface area contributed by atoms with Gasteiger partial charge in [-0.2, -0.15) is 0 Å². The molecule has 1 saturated heterocycles. The zero-order valence-electron chi connectivity index (χ0n) is 15.3. The molecule has 26 heavy (non-hydrogen) atoms. The predicted octanol–water partition coefficient (Wildman–Crippen LogP) is 3.68. The summed E-state index contributed by atoms with van der Waals surface area (Å²) in [6, 6.07) is 14.7. The van der Waals surface area contributed by atoms with Crippen molar-refractivity contribution in [1.82, 2.24) is 5.32 Å². The summed E-state index contributed by atoms with van der Waals surface area (Å²) in [4.78, 5) is 26.7. The standard InChI is InChI=1S/C21H25N3O2/c1-15(2)22-20(25)16-5-7-17(8-6-16)21(26)23-18-9-11-19(12-10-18)24-13-3-4-14-24/h5-12,15H,3-4,13-14H2,1-2H3,(H,22,25)(H,23,26). The minimum atomic E-state index is -0.185. The third-order valence-electron chi connectivity index (χ3n) is 4.43. The molecule has 0 aromatic heterocycles. The number of carbonyl (C=O) groups is 2. The first-order chi connectivity index (χ1) is 12.5. The van der Waals surface area contributed by atoms with E-state index in [0.29, 0.717) is 11.1 Å². The van der Waals surface area contributed by atoms with E-state index in [2.05, 4.69) is 15.5 Å². The van der Waals surface area contributed by atoms with E-state index in [4.69, 9.17) is 0 Å². The van der Waals surface area contributed by atoms with Crippen molar-refractivity contribution in [3.8, 4) is 0 Å². The molecule has 0 saturated carbocycles. The van der Waals surface area contributed by atoms with Crippen LogP contribution in [-0.2, 0) is 0 Å². The zero-order valence-corrected chi connectivity index (χ0v) is 15.3. The maximum Gasteiger partial charge on any atom is 0.255 e. The van der Waals surface area contributed by atoms with Gasteiger partial charge in [-0.3, -0.25) is 9.59 Å². The van der Waals surface area contributed by atoms with Gasteiger partial charge in [-0.25, -0.2) is 0 Å². The fraction of sp³-hybridized carbons (Fsp3) is 0.333. The molecule has 2 amide bonds. The van der Waals surface area contributed by atoms with Gasteiger partial charge in [0.1, 0.15) is 0 Å². The average Bonchev–Trinajstić information content (AvgIpc) is 3.16. The molecule has 3 rings (SSSR count). The molecule has 1 aliphatic heterocycles. The van der Waals surface area contributed by atoms with Gasteiger partial charge >= 0.3 is 0 Å². The van der Waals surface area contributed by atoms with Gasteiger partial charge in [0.15, 0.2) is 0 Å². The van der Waals surface area contributed by atoms with E-state index in [1.165, 1.54) is 18.5 Å². The van der Waals surface area contributed by atoms with E-state index >= 15 is 0 Å². The third kappa shape index (κ3) is 4.42. The highest BCUT2D eigenvalue weighted by atomic mass is 16.2. The van der Waals surface area contributed by atoms with Crippen molar-refractivity contribution in [1.29, 1.82) is 0 Å². The Hall–Kier alpha value is -2.82. The van der Waals surface area contributed by atoms with Gasteiger partial charge in [-0.1, -0.05) is 0 Å². The monoisotopic (exact) mass is 351 g/mol. The van der Waals surface area contributed by atoms with Crippen molar-refractivity contribution in [2.45, 2.75) is 32.7 Å². The van der Waals surface area contributed by atoms with Gasteiger partial charge in [0.2, 0.25) is 0 Å². The van der Waals surface area contributed by atoms with Crippen LogP contribution in [0.25, 0.3) is 0 Å². The first-order valence-electron chi connectivity index (χ1n) is 9.10. The highest BCUT2D eigenvalue weighted by molar-refractivity contribution is 6.05. The minimum Gasteiger partial charge on any atom is -0.372 e. The zero-order chi connectivity index (χ0) is 18.5.